The Hall–Kier alpha value is -1.01. The summed E-state index contributed by atoms with van der Waals surface area (Å²) in [4.78, 5) is 0. The molecule has 1 atom stereocenters. The quantitative estimate of drug-likeness (QED) is 0.809. The molecule has 0 spiro atoms. The zero-order chi connectivity index (χ0) is 13.8. The number of hydrogen-bond donors (Lipinski definition) is 1. The second-order valence-corrected chi connectivity index (χ2v) is 5.71. The highest BCUT2D eigenvalue weighted by atomic mass is 127. The first-order chi connectivity index (χ1) is 9.02. The average molecular weight is 374 g/mol. The molecule has 0 heterocycles. The van der Waals surface area contributed by atoms with E-state index >= 15 is 0 Å². The Labute approximate surface area is 124 Å². The van der Waals surface area contributed by atoms with Crippen molar-refractivity contribution in [2.24, 2.45) is 0 Å². The van der Waals surface area contributed by atoms with Gasteiger partial charge in [-0.2, -0.15) is 0 Å². The molecular formula is C15H13F2IO. The number of halogens is 3. The highest BCUT2D eigenvalue weighted by Crippen LogP contribution is 2.14. The molecule has 0 fully saturated rings. The van der Waals surface area contributed by atoms with Gasteiger partial charge in [0.25, 0.3) is 0 Å². The first kappa shape index (κ1) is 14.4. The van der Waals surface area contributed by atoms with Crippen molar-refractivity contribution >= 4 is 22.6 Å². The largest absolute Gasteiger partial charge is 0.392 e. The minimum atomic E-state index is -0.652. The van der Waals surface area contributed by atoms with Gasteiger partial charge in [-0.1, -0.05) is 12.1 Å². The number of aliphatic hydroxyl groups excluding tert-OH is 1. The summed E-state index contributed by atoms with van der Waals surface area (Å²) in [7, 11) is 0. The number of benzene rings is 2. The van der Waals surface area contributed by atoms with Crippen molar-refractivity contribution in [3.63, 3.8) is 0 Å². The summed E-state index contributed by atoms with van der Waals surface area (Å²) < 4.78 is 27.2. The maximum atomic E-state index is 13.0. The zero-order valence-corrected chi connectivity index (χ0v) is 12.3. The molecule has 0 aromatic heterocycles. The molecule has 2 aromatic rings. The molecule has 1 N–H and O–H groups in total. The van der Waals surface area contributed by atoms with Gasteiger partial charge in [-0.05, 0) is 70.8 Å². The Kier molecular flexibility index (Phi) is 4.87. The summed E-state index contributed by atoms with van der Waals surface area (Å²) in [6.45, 7) is 0. The molecule has 4 heteroatoms. The first-order valence-electron chi connectivity index (χ1n) is 5.90. The smallest absolute Gasteiger partial charge is 0.126 e. The fourth-order valence-electron chi connectivity index (χ4n) is 1.97. The van der Waals surface area contributed by atoms with Gasteiger partial charge in [-0.3, -0.25) is 0 Å². The Morgan fingerprint density at radius 2 is 1.42 bits per heavy atom. The highest BCUT2D eigenvalue weighted by Gasteiger charge is 2.09. The van der Waals surface area contributed by atoms with Crippen LogP contribution in [0.4, 0.5) is 8.78 Å². The maximum Gasteiger partial charge on any atom is 0.126 e. The fourth-order valence-corrected chi connectivity index (χ4v) is 2.33. The van der Waals surface area contributed by atoms with Crippen molar-refractivity contribution in [2.75, 3.05) is 0 Å². The zero-order valence-electron chi connectivity index (χ0n) is 10.1. The predicted molar refractivity (Wildman–Crippen MR) is 78.9 cm³/mol. The van der Waals surface area contributed by atoms with Crippen molar-refractivity contribution in [1.82, 2.24) is 0 Å². The molecule has 1 nitrogen and oxygen atoms in total. The van der Waals surface area contributed by atoms with E-state index in [2.05, 4.69) is 22.6 Å². The van der Waals surface area contributed by atoms with E-state index in [0.717, 1.165) is 15.2 Å². The molecular weight excluding hydrogens is 361 g/mol. The Bertz CT molecular complexity index is 534. The summed E-state index contributed by atoms with van der Waals surface area (Å²) in [6.07, 6.45) is 0.0525. The van der Waals surface area contributed by atoms with Crippen LogP contribution in [0, 0.1) is 15.2 Å². The lowest BCUT2D eigenvalue weighted by Crippen LogP contribution is -2.14. The van der Waals surface area contributed by atoms with Crippen LogP contribution in [0.25, 0.3) is 0 Å². The number of hydrogen-bond acceptors (Lipinski definition) is 1. The summed E-state index contributed by atoms with van der Waals surface area (Å²) >= 11 is 2.21. The molecule has 0 bridgehead atoms. The second kappa shape index (κ2) is 6.43. The summed E-state index contributed by atoms with van der Waals surface area (Å²) in [5.74, 6) is -1.23. The monoisotopic (exact) mass is 374 g/mol. The molecule has 0 aliphatic carbocycles. The molecule has 0 radical (unpaired) electrons. The van der Waals surface area contributed by atoms with E-state index in [9.17, 15) is 13.9 Å². The van der Waals surface area contributed by atoms with E-state index < -0.39 is 17.7 Å². The summed E-state index contributed by atoms with van der Waals surface area (Å²) in [6, 6.07) is 11.1. The van der Waals surface area contributed by atoms with E-state index in [1.807, 2.05) is 24.3 Å². The molecule has 1 unspecified atom stereocenters. The molecule has 0 saturated heterocycles. The molecule has 0 aliphatic rings. The van der Waals surface area contributed by atoms with Crippen LogP contribution in [0.15, 0.2) is 42.5 Å². The topological polar surface area (TPSA) is 20.2 Å². The first-order valence-corrected chi connectivity index (χ1v) is 6.98. The van der Waals surface area contributed by atoms with Crippen LogP contribution in [0.1, 0.15) is 11.1 Å². The second-order valence-electron chi connectivity index (χ2n) is 4.47. The predicted octanol–water partition coefficient (Wildman–Crippen LogP) is 3.72. The van der Waals surface area contributed by atoms with Crippen LogP contribution in [0.5, 0.6) is 0 Å². The van der Waals surface area contributed by atoms with Crippen LogP contribution < -0.4 is 0 Å². The van der Waals surface area contributed by atoms with Gasteiger partial charge in [0, 0.05) is 9.64 Å². The summed E-state index contributed by atoms with van der Waals surface area (Å²) in [5.41, 5.74) is 1.47. The van der Waals surface area contributed by atoms with Gasteiger partial charge in [0.2, 0.25) is 0 Å². The van der Waals surface area contributed by atoms with Gasteiger partial charge < -0.3 is 5.11 Å². The number of aliphatic hydroxyl groups is 1. The minimum Gasteiger partial charge on any atom is -0.392 e. The Morgan fingerprint density at radius 3 is 2.00 bits per heavy atom. The van der Waals surface area contributed by atoms with E-state index in [-0.39, 0.29) is 6.42 Å². The van der Waals surface area contributed by atoms with Crippen LogP contribution in [0.3, 0.4) is 0 Å². The van der Waals surface area contributed by atoms with Crippen molar-refractivity contribution in [2.45, 2.75) is 18.9 Å². The van der Waals surface area contributed by atoms with Gasteiger partial charge in [0.15, 0.2) is 0 Å². The summed E-state index contributed by atoms with van der Waals surface area (Å²) in [5, 5.41) is 9.96. The van der Waals surface area contributed by atoms with E-state index in [1.165, 1.54) is 12.1 Å². The van der Waals surface area contributed by atoms with Gasteiger partial charge in [0.1, 0.15) is 11.6 Å². The van der Waals surface area contributed by atoms with Gasteiger partial charge >= 0.3 is 0 Å². The van der Waals surface area contributed by atoms with Crippen molar-refractivity contribution in [1.29, 1.82) is 0 Å². The van der Waals surface area contributed by atoms with Crippen molar-refractivity contribution in [3.8, 4) is 0 Å². The highest BCUT2D eigenvalue weighted by molar-refractivity contribution is 14.1. The molecule has 2 aromatic carbocycles. The Balaban J connectivity index is 2.00. The van der Waals surface area contributed by atoms with E-state index in [1.54, 1.807) is 0 Å². The third-order valence-corrected chi connectivity index (χ3v) is 3.50. The minimum absolute atomic E-state index is 0.237. The van der Waals surface area contributed by atoms with Gasteiger partial charge in [-0.15, -0.1) is 0 Å². The number of rotatable bonds is 4. The average Bonchev–Trinajstić information content (AvgIpc) is 2.30. The molecule has 19 heavy (non-hydrogen) atoms. The third kappa shape index (κ3) is 4.54. The standard InChI is InChI=1S/C15H13F2IO/c16-12-5-11(6-13(17)9-12)8-15(19)7-10-1-3-14(18)4-2-10/h1-6,9,15,19H,7-8H2. The van der Waals surface area contributed by atoms with Gasteiger partial charge in [-0.25, -0.2) is 8.78 Å². The normalized spacial score (nSPS) is 12.4. The molecule has 0 aliphatic heterocycles. The maximum absolute atomic E-state index is 13.0. The lowest BCUT2D eigenvalue weighted by molar-refractivity contribution is 0.175. The Morgan fingerprint density at radius 1 is 0.895 bits per heavy atom. The molecule has 0 amide bonds. The van der Waals surface area contributed by atoms with Gasteiger partial charge in [0.05, 0.1) is 6.10 Å². The molecule has 0 saturated carbocycles. The van der Waals surface area contributed by atoms with Crippen molar-refractivity contribution < 1.29 is 13.9 Å². The van der Waals surface area contributed by atoms with Crippen LogP contribution in [-0.2, 0) is 12.8 Å². The van der Waals surface area contributed by atoms with Crippen molar-refractivity contribution in [3.05, 3.63) is 68.8 Å². The van der Waals surface area contributed by atoms with Crippen LogP contribution in [-0.4, -0.2) is 11.2 Å². The lowest BCUT2D eigenvalue weighted by Gasteiger charge is -2.11. The third-order valence-electron chi connectivity index (χ3n) is 2.78. The fraction of sp³-hybridized carbons (Fsp3) is 0.200. The molecule has 100 valence electrons. The van der Waals surface area contributed by atoms with Crippen LogP contribution in [0.2, 0.25) is 0 Å². The van der Waals surface area contributed by atoms with E-state index in [4.69, 9.17) is 0 Å². The lowest BCUT2D eigenvalue weighted by atomic mass is 10.0. The van der Waals surface area contributed by atoms with E-state index in [0.29, 0.717) is 12.0 Å². The molecule has 2 rings (SSSR count). The SMILES string of the molecule is OC(Cc1ccc(I)cc1)Cc1cc(F)cc(F)c1. The van der Waals surface area contributed by atoms with Crippen LogP contribution >= 0.6 is 22.6 Å².